The Balaban J connectivity index is 4.30. The summed E-state index contributed by atoms with van der Waals surface area (Å²) >= 11 is 0. The maximum Gasteiger partial charge on any atom is 0.334 e. The zero-order valence-electron chi connectivity index (χ0n) is 9.40. The van der Waals surface area contributed by atoms with Gasteiger partial charge < -0.3 is 14.6 Å². The largest absolute Gasteiger partial charge is 0.478 e. The Morgan fingerprint density at radius 1 is 1.47 bits per heavy atom. The first-order chi connectivity index (χ1) is 7.13. The number of allylic oxidation sites excluding steroid dienone is 3. The second-order valence-corrected chi connectivity index (χ2v) is 2.96. The van der Waals surface area contributed by atoms with Gasteiger partial charge in [-0.1, -0.05) is 12.2 Å². The number of rotatable bonds is 7. The highest BCUT2D eigenvalue weighted by Crippen LogP contribution is 2.07. The Morgan fingerprint density at radius 3 is 2.60 bits per heavy atom. The fourth-order valence-corrected chi connectivity index (χ4v) is 0.979. The van der Waals surface area contributed by atoms with E-state index in [4.69, 9.17) is 14.6 Å². The molecule has 0 aromatic rings. The average molecular weight is 214 g/mol. The van der Waals surface area contributed by atoms with E-state index in [2.05, 4.69) is 0 Å². The van der Waals surface area contributed by atoms with Crippen molar-refractivity contribution in [2.24, 2.45) is 0 Å². The van der Waals surface area contributed by atoms with Gasteiger partial charge in [0.1, 0.15) is 0 Å². The Morgan fingerprint density at radius 2 is 2.13 bits per heavy atom. The molecule has 1 unspecified atom stereocenters. The number of carboxylic acid groups (broad SMARTS) is 1. The Bertz CT molecular complexity index is 243. The predicted molar refractivity (Wildman–Crippen MR) is 57.8 cm³/mol. The summed E-state index contributed by atoms with van der Waals surface area (Å²) in [6.07, 6.45) is 4.55. The van der Waals surface area contributed by atoms with E-state index >= 15 is 0 Å². The molecule has 0 aliphatic carbocycles. The first-order valence-corrected chi connectivity index (χ1v) is 4.80. The van der Waals surface area contributed by atoms with Gasteiger partial charge in [-0.3, -0.25) is 0 Å². The molecule has 0 radical (unpaired) electrons. The van der Waals surface area contributed by atoms with Crippen molar-refractivity contribution in [2.75, 3.05) is 20.3 Å². The van der Waals surface area contributed by atoms with E-state index in [-0.39, 0.29) is 5.57 Å². The molecule has 0 spiro atoms. The quantitative estimate of drug-likeness (QED) is 0.397. The van der Waals surface area contributed by atoms with Crippen LogP contribution in [0.5, 0.6) is 0 Å². The van der Waals surface area contributed by atoms with Crippen LogP contribution >= 0.6 is 0 Å². The molecule has 0 saturated heterocycles. The van der Waals surface area contributed by atoms with E-state index in [0.29, 0.717) is 13.2 Å². The summed E-state index contributed by atoms with van der Waals surface area (Å²) in [5, 5.41) is 8.91. The number of aliphatic carboxylic acids is 1. The smallest absolute Gasteiger partial charge is 0.334 e. The first-order valence-electron chi connectivity index (χ1n) is 4.80. The lowest BCUT2D eigenvalue weighted by molar-refractivity contribution is -0.134. The molecule has 0 heterocycles. The van der Waals surface area contributed by atoms with E-state index in [1.807, 2.05) is 6.92 Å². The fraction of sp³-hybridized carbons (Fsp3) is 0.545. The molecule has 0 saturated carbocycles. The monoisotopic (exact) mass is 214 g/mol. The summed E-state index contributed by atoms with van der Waals surface area (Å²) in [6, 6.07) is 0. The second-order valence-electron chi connectivity index (χ2n) is 2.96. The SMILES string of the molecule is C/C=C/C=C(/C(=O)O)C(C)OCCOC. The zero-order valence-corrected chi connectivity index (χ0v) is 9.40. The molecule has 0 bridgehead atoms. The molecule has 1 N–H and O–H groups in total. The van der Waals surface area contributed by atoms with Crippen LogP contribution < -0.4 is 0 Å². The molecular formula is C11H18O4. The first kappa shape index (κ1) is 13.9. The van der Waals surface area contributed by atoms with Crippen LogP contribution in [-0.2, 0) is 14.3 Å². The van der Waals surface area contributed by atoms with Crippen LogP contribution in [0.1, 0.15) is 13.8 Å². The summed E-state index contributed by atoms with van der Waals surface area (Å²) in [6.45, 7) is 4.38. The van der Waals surface area contributed by atoms with Crippen molar-refractivity contribution >= 4 is 5.97 Å². The van der Waals surface area contributed by atoms with Crippen LogP contribution in [0.25, 0.3) is 0 Å². The lowest BCUT2D eigenvalue weighted by Crippen LogP contribution is -2.20. The highest BCUT2D eigenvalue weighted by atomic mass is 16.5. The molecule has 0 rings (SSSR count). The minimum atomic E-state index is -0.960. The average Bonchev–Trinajstić information content (AvgIpc) is 2.18. The van der Waals surface area contributed by atoms with Crippen LogP contribution in [0.3, 0.4) is 0 Å². The van der Waals surface area contributed by atoms with Gasteiger partial charge in [0.25, 0.3) is 0 Å². The van der Waals surface area contributed by atoms with Crippen LogP contribution in [-0.4, -0.2) is 37.5 Å². The summed E-state index contributed by atoms with van der Waals surface area (Å²) in [5.74, 6) is -0.960. The molecule has 0 aromatic heterocycles. The minimum Gasteiger partial charge on any atom is -0.478 e. The van der Waals surface area contributed by atoms with Crippen LogP contribution in [0.4, 0.5) is 0 Å². The van der Waals surface area contributed by atoms with E-state index in [1.165, 1.54) is 0 Å². The van der Waals surface area contributed by atoms with E-state index in [1.54, 1.807) is 32.3 Å². The fourth-order valence-electron chi connectivity index (χ4n) is 0.979. The number of hydrogen-bond donors (Lipinski definition) is 1. The third-order valence-electron chi connectivity index (χ3n) is 1.81. The molecule has 86 valence electrons. The highest BCUT2D eigenvalue weighted by Gasteiger charge is 2.15. The normalized spacial score (nSPS) is 14.5. The minimum absolute atomic E-state index is 0.240. The number of hydrogen-bond acceptors (Lipinski definition) is 3. The molecule has 1 atom stereocenters. The van der Waals surface area contributed by atoms with Crippen LogP contribution in [0.2, 0.25) is 0 Å². The standard InChI is InChI=1S/C11H18O4/c1-4-5-6-10(11(12)13)9(2)15-8-7-14-3/h4-6,9H,7-8H2,1-3H3,(H,12,13)/b5-4+,10-6+. The van der Waals surface area contributed by atoms with Gasteiger partial charge in [-0.05, 0) is 19.9 Å². The number of methoxy groups -OCH3 is 1. The maximum atomic E-state index is 10.9. The highest BCUT2D eigenvalue weighted by molar-refractivity contribution is 5.88. The van der Waals surface area contributed by atoms with Crippen molar-refractivity contribution in [1.82, 2.24) is 0 Å². The lowest BCUT2D eigenvalue weighted by atomic mass is 10.1. The number of ether oxygens (including phenoxy) is 2. The van der Waals surface area contributed by atoms with Crippen molar-refractivity contribution in [1.29, 1.82) is 0 Å². The summed E-state index contributed by atoms with van der Waals surface area (Å²) in [4.78, 5) is 10.9. The summed E-state index contributed by atoms with van der Waals surface area (Å²) < 4.78 is 10.1. The Labute approximate surface area is 90.2 Å². The van der Waals surface area contributed by atoms with Crippen molar-refractivity contribution < 1.29 is 19.4 Å². The van der Waals surface area contributed by atoms with E-state index in [9.17, 15) is 4.79 Å². The molecule has 0 fully saturated rings. The zero-order chi connectivity index (χ0) is 11.7. The number of carbonyl (C=O) groups is 1. The Hall–Kier alpha value is -1.13. The van der Waals surface area contributed by atoms with Gasteiger partial charge in [0, 0.05) is 7.11 Å². The molecule has 0 aliphatic rings. The van der Waals surface area contributed by atoms with Crippen molar-refractivity contribution in [2.45, 2.75) is 20.0 Å². The van der Waals surface area contributed by atoms with Gasteiger partial charge in [-0.2, -0.15) is 0 Å². The van der Waals surface area contributed by atoms with Gasteiger partial charge in [0.05, 0.1) is 24.9 Å². The van der Waals surface area contributed by atoms with Gasteiger partial charge in [0.2, 0.25) is 0 Å². The molecule has 4 heteroatoms. The van der Waals surface area contributed by atoms with E-state index in [0.717, 1.165) is 0 Å². The van der Waals surface area contributed by atoms with Gasteiger partial charge >= 0.3 is 5.97 Å². The molecule has 0 aliphatic heterocycles. The summed E-state index contributed by atoms with van der Waals surface area (Å²) in [5.41, 5.74) is 0.240. The van der Waals surface area contributed by atoms with Crippen molar-refractivity contribution in [3.05, 3.63) is 23.8 Å². The third-order valence-corrected chi connectivity index (χ3v) is 1.81. The van der Waals surface area contributed by atoms with E-state index < -0.39 is 12.1 Å². The van der Waals surface area contributed by atoms with Crippen LogP contribution in [0, 0.1) is 0 Å². The molecule has 4 nitrogen and oxygen atoms in total. The topological polar surface area (TPSA) is 55.8 Å². The van der Waals surface area contributed by atoms with Crippen LogP contribution in [0.15, 0.2) is 23.8 Å². The van der Waals surface area contributed by atoms with Gasteiger partial charge in [0.15, 0.2) is 0 Å². The van der Waals surface area contributed by atoms with Crippen molar-refractivity contribution in [3.8, 4) is 0 Å². The maximum absolute atomic E-state index is 10.9. The van der Waals surface area contributed by atoms with Gasteiger partial charge in [-0.25, -0.2) is 4.79 Å². The Kier molecular flexibility index (Phi) is 7.58. The second kappa shape index (κ2) is 8.20. The molecular weight excluding hydrogens is 196 g/mol. The number of carboxylic acids is 1. The van der Waals surface area contributed by atoms with Gasteiger partial charge in [-0.15, -0.1) is 0 Å². The van der Waals surface area contributed by atoms with Crippen molar-refractivity contribution in [3.63, 3.8) is 0 Å². The lowest BCUT2D eigenvalue weighted by Gasteiger charge is -2.13. The molecule has 0 aromatic carbocycles. The molecule has 0 amide bonds. The summed E-state index contributed by atoms with van der Waals surface area (Å²) in [7, 11) is 1.57. The molecule has 15 heavy (non-hydrogen) atoms. The predicted octanol–water partition coefficient (Wildman–Crippen LogP) is 1.62. The third kappa shape index (κ3) is 6.04.